The summed E-state index contributed by atoms with van der Waals surface area (Å²) in [6.07, 6.45) is 11.6. The van der Waals surface area contributed by atoms with E-state index in [4.69, 9.17) is 0 Å². The molecule has 0 bridgehead atoms. The first-order chi connectivity index (χ1) is 7.22. The van der Waals surface area contributed by atoms with Crippen LogP contribution >= 0.6 is 15.9 Å². The average Bonchev–Trinajstić information content (AvgIpc) is 2.30. The van der Waals surface area contributed by atoms with Gasteiger partial charge in [-0.25, -0.2) is 0 Å². The molecule has 0 aliphatic rings. The summed E-state index contributed by atoms with van der Waals surface area (Å²) in [5, 5.41) is 0. The third kappa shape index (κ3) is 31.6. The zero-order chi connectivity index (χ0) is 12.5. The van der Waals surface area contributed by atoms with Crippen LogP contribution in [-0.4, -0.2) is 0 Å². The lowest BCUT2D eigenvalue weighted by molar-refractivity contribution is 0.772. The first-order valence-corrected chi connectivity index (χ1v) is 6.63. The van der Waals surface area contributed by atoms with Crippen LogP contribution in [0.25, 0.3) is 0 Å². The van der Waals surface area contributed by atoms with Crippen molar-refractivity contribution in [2.45, 2.75) is 53.9 Å². The highest BCUT2D eigenvalue weighted by molar-refractivity contribution is 9.11. The Kier molecular flexibility index (Phi) is 31.6. The van der Waals surface area contributed by atoms with E-state index in [1.807, 2.05) is 39.0 Å². The van der Waals surface area contributed by atoms with E-state index in [2.05, 4.69) is 36.4 Å². The van der Waals surface area contributed by atoms with Crippen LogP contribution in [0.5, 0.6) is 0 Å². The molecular formula is C14H27Br. The average molecular weight is 275 g/mol. The number of hydrogen-bond donors (Lipinski definition) is 0. The largest absolute Gasteiger partial charge is 0.0991 e. The van der Waals surface area contributed by atoms with Gasteiger partial charge < -0.3 is 0 Å². The van der Waals surface area contributed by atoms with Crippen molar-refractivity contribution < 1.29 is 0 Å². The third-order valence-electron chi connectivity index (χ3n) is 1.37. The summed E-state index contributed by atoms with van der Waals surface area (Å²) >= 11 is 3.30. The van der Waals surface area contributed by atoms with E-state index >= 15 is 0 Å². The molecule has 0 unspecified atom stereocenters. The highest BCUT2D eigenvalue weighted by atomic mass is 79.9. The monoisotopic (exact) mass is 274 g/mol. The van der Waals surface area contributed by atoms with Crippen molar-refractivity contribution in [2.24, 2.45) is 0 Å². The molecule has 0 radical (unpaired) electrons. The van der Waals surface area contributed by atoms with E-state index in [0.29, 0.717) is 0 Å². The Morgan fingerprint density at radius 1 is 1.20 bits per heavy atom. The maximum atomic E-state index is 3.53. The molecule has 1 heteroatoms. The Balaban J connectivity index is -0.000000177. The van der Waals surface area contributed by atoms with Gasteiger partial charge in [0.15, 0.2) is 0 Å². The molecule has 0 aromatic rings. The zero-order valence-electron chi connectivity index (χ0n) is 11.0. The predicted octanol–water partition coefficient (Wildman–Crippen LogP) is 6.25. The summed E-state index contributed by atoms with van der Waals surface area (Å²) in [6.45, 7) is 13.9. The maximum absolute atomic E-state index is 3.53. The number of allylic oxidation sites excluding steroid dienone is 5. The molecule has 90 valence electrons. The topological polar surface area (TPSA) is 0 Å². The van der Waals surface area contributed by atoms with Gasteiger partial charge in [-0.2, -0.15) is 0 Å². The van der Waals surface area contributed by atoms with Gasteiger partial charge in [-0.3, -0.25) is 0 Å². The number of hydrogen-bond acceptors (Lipinski definition) is 0. The Hall–Kier alpha value is -0.300. The minimum atomic E-state index is 1.08. The van der Waals surface area contributed by atoms with Crippen molar-refractivity contribution in [3.05, 3.63) is 35.4 Å². The normalized spacial score (nSPS) is 9.87. The molecule has 0 heterocycles. The summed E-state index contributed by atoms with van der Waals surface area (Å²) in [5.41, 5.74) is 0. The van der Waals surface area contributed by atoms with Crippen molar-refractivity contribution >= 4 is 15.9 Å². The van der Waals surface area contributed by atoms with Crippen LogP contribution in [0.2, 0.25) is 0 Å². The van der Waals surface area contributed by atoms with Gasteiger partial charge in [0, 0.05) is 4.48 Å². The Labute approximate surface area is 105 Å². The van der Waals surface area contributed by atoms with Gasteiger partial charge in [0.1, 0.15) is 0 Å². The smallest absolute Gasteiger partial charge is 0.0132 e. The van der Waals surface area contributed by atoms with Crippen LogP contribution in [0.3, 0.4) is 0 Å². The first kappa shape index (κ1) is 20.2. The Morgan fingerprint density at radius 2 is 1.67 bits per heavy atom. The molecule has 0 nitrogen and oxygen atoms in total. The zero-order valence-corrected chi connectivity index (χ0v) is 12.6. The number of rotatable bonds is 4. The van der Waals surface area contributed by atoms with Gasteiger partial charge in [-0.1, -0.05) is 87.7 Å². The molecule has 0 N–H and O–H groups in total. The molecule has 0 aliphatic heterocycles. The van der Waals surface area contributed by atoms with Crippen LogP contribution in [0, 0.1) is 0 Å². The summed E-state index contributed by atoms with van der Waals surface area (Å²) < 4.78 is 1.08. The molecule has 0 aliphatic carbocycles. The second-order valence-electron chi connectivity index (χ2n) is 2.62. The highest BCUT2D eigenvalue weighted by Gasteiger charge is 1.73. The summed E-state index contributed by atoms with van der Waals surface area (Å²) in [7, 11) is 0. The van der Waals surface area contributed by atoms with Gasteiger partial charge in [-0.05, 0) is 13.0 Å². The van der Waals surface area contributed by atoms with Crippen LogP contribution in [0.1, 0.15) is 53.9 Å². The molecule has 15 heavy (non-hydrogen) atoms. The van der Waals surface area contributed by atoms with Crippen molar-refractivity contribution in [1.29, 1.82) is 0 Å². The molecule has 0 aromatic heterocycles. The molecule has 0 fully saturated rings. The predicted molar refractivity (Wildman–Crippen MR) is 78.6 cm³/mol. The van der Waals surface area contributed by atoms with E-state index in [-0.39, 0.29) is 0 Å². The van der Waals surface area contributed by atoms with E-state index in [0.717, 1.165) is 4.48 Å². The van der Waals surface area contributed by atoms with Crippen molar-refractivity contribution in [2.75, 3.05) is 0 Å². The van der Waals surface area contributed by atoms with Gasteiger partial charge in [-0.15, -0.1) is 0 Å². The molecule has 0 aromatic carbocycles. The van der Waals surface area contributed by atoms with E-state index < -0.39 is 0 Å². The van der Waals surface area contributed by atoms with E-state index in [1.54, 1.807) is 6.08 Å². The maximum Gasteiger partial charge on any atom is 0.0132 e. The second-order valence-corrected chi connectivity index (χ2v) is 3.54. The Bertz CT molecular complexity index is 153. The van der Waals surface area contributed by atoms with Crippen LogP contribution in [-0.2, 0) is 0 Å². The minimum Gasteiger partial charge on any atom is -0.0991 e. The third-order valence-corrected chi connectivity index (χ3v) is 2.10. The molecule has 0 amide bonds. The first-order valence-electron chi connectivity index (χ1n) is 5.83. The lowest BCUT2D eigenvalue weighted by atomic mass is 10.3. The molecule has 0 atom stereocenters. The molecule has 0 saturated heterocycles. The highest BCUT2D eigenvalue weighted by Crippen LogP contribution is 2.04. The van der Waals surface area contributed by atoms with Crippen molar-refractivity contribution in [3.63, 3.8) is 0 Å². The van der Waals surface area contributed by atoms with Crippen LogP contribution in [0.4, 0.5) is 0 Å². The number of halogens is 1. The fraction of sp³-hybridized carbons (Fsp3) is 0.571. The fourth-order valence-electron chi connectivity index (χ4n) is 0.610. The van der Waals surface area contributed by atoms with Crippen molar-refractivity contribution in [1.82, 2.24) is 0 Å². The van der Waals surface area contributed by atoms with Gasteiger partial charge in [0.25, 0.3) is 0 Å². The standard InChI is InChI=1S/C7H9Br.C5H12.C2H6/c1-3-5-6-7(8)4-2;1-3-5-4-2;1-2/h3-6H,1H2,2H3;3-5H2,1-2H3;1-2H3/b6-5-,7-4-;;. The minimum absolute atomic E-state index is 1.08. The van der Waals surface area contributed by atoms with Gasteiger partial charge in [0.2, 0.25) is 0 Å². The van der Waals surface area contributed by atoms with Crippen molar-refractivity contribution in [3.8, 4) is 0 Å². The summed E-state index contributed by atoms with van der Waals surface area (Å²) in [4.78, 5) is 0. The van der Waals surface area contributed by atoms with Crippen LogP contribution in [0.15, 0.2) is 35.4 Å². The van der Waals surface area contributed by atoms with Crippen LogP contribution < -0.4 is 0 Å². The molecule has 0 rings (SSSR count). The lowest BCUT2D eigenvalue weighted by Crippen LogP contribution is -1.59. The van der Waals surface area contributed by atoms with E-state index in [1.165, 1.54) is 19.3 Å². The Morgan fingerprint density at radius 3 is 1.87 bits per heavy atom. The summed E-state index contributed by atoms with van der Waals surface area (Å²) in [6, 6.07) is 0. The fourth-order valence-corrected chi connectivity index (χ4v) is 0.762. The number of unbranched alkanes of at least 4 members (excludes halogenated alkanes) is 2. The molecule has 0 spiro atoms. The van der Waals surface area contributed by atoms with Gasteiger partial charge in [0.05, 0.1) is 0 Å². The lowest BCUT2D eigenvalue weighted by Gasteiger charge is -1.79. The quantitative estimate of drug-likeness (QED) is 0.532. The van der Waals surface area contributed by atoms with Gasteiger partial charge >= 0.3 is 0 Å². The molecule has 0 saturated carbocycles. The van der Waals surface area contributed by atoms with E-state index in [9.17, 15) is 0 Å². The second kappa shape index (κ2) is 23.5. The summed E-state index contributed by atoms with van der Waals surface area (Å²) in [5.74, 6) is 0. The molecular weight excluding hydrogens is 248 g/mol. The SMILES string of the molecule is C=C/C=C\C(Br)=C\C.CC.CCCCC.